The van der Waals surface area contributed by atoms with Crippen molar-refractivity contribution in [2.75, 3.05) is 13.1 Å². The Labute approximate surface area is 206 Å². The molecule has 2 aromatic heterocycles. The molecule has 0 spiro atoms. The van der Waals surface area contributed by atoms with E-state index < -0.39 is 5.91 Å². The lowest BCUT2D eigenvalue weighted by molar-refractivity contribution is -0.127. The zero-order valence-corrected chi connectivity index (χ0v) is 19.7. The van der Waals surface area contributed by atoms with Crippen LogP contribution in [0.2, 0.25) is 5.02 Å². The minimum atomic E-state index is -0.575. The molecule has 0 bridgehead atoms. The van der Waals surface area contributed by atoms with Crippen molar-refractivity contribution >= 4 is 29.1 Å². The Kier molecular flexibility index (Phi) is 6.05. The number of fused-ring (bicyclic) bond motifs is 1. The van der Waals surface area contributed by atoms with Crippen molar-refractivity contribution in [1.82, 2.24) is 19.5 Å². The predicted octanol–water partition coefficient (Wildman–Crippen LogP) is 4.77. The van der Waals surface area contributed by atoms with Gasteiger partial charge in [-0.3, -0.25) is 14.7 Å². The third-order valence-electron chi connectivity index (χ3n) is 6.32. The molecule has 3 N–H and O–H groups in total. The molecule has 5 rings (SSSR count). The maximum absolute atomic E-state index is 12.4. The lowest BCUT2D eigenvalue weighted by Crippen LogP contribution is -2.36. The van der Waals surface area contributed by atoms with Crippen molar-refractivity contribution in [1.29, 1.82) is 0 Å². The molecular weight excluding hydrogens is 466 g/mol. The van der Waals surface area contributed by atoms with Crippen LogP contribution in [0, 0.1) is 0 Å². The SMILES string of the molecule is C=CC(=O)N1CCC(c2c[nH]n3c(C(N)=O)c(-c4ccc(Oc5ccc(Cl)cc5)cc4)nc23)CC1. The van der Waals surface area contributed by atoms with Crippen LogP contribution in [0.4, 0.5) is 0 Å². The summed E-state index contributed by atoms with van der Waals surface area (Å²) in [5.41, 5.74) is 8.97. The first-order chi connectivity index (χ1) is 16.9. The number of piperidine rings is 1. The second-order valence-electron chi connectivity index (χ2n) is 8.45. The number of aromatic nitrogens is 3. The van der Waals surface area contributed by atoms with Crippen LogP contribution < -0.4 is 10.5 Å². The highest BCUT2D eigenvalue weighted by molar-refractivity contribution is 6.30. The summed E-state index contributed by atoms with van der Waals surface area (Å²) in [7, 11) is 0. The summed E-state index contributed by atoms with van der Waals surface area (Å²) in [6.07, 6.45) is 4.83. The summed E-state index contributed by atoms with van der Waals surface area (Å²) in [5, 5.41) is 3.78. The number of amides is 2. The van der Waals surface area contributed by atoms with E-state index in [4.69, 9.17) is 27.1 Å². The van der Waals surface area contributed by atoms with Crippen molar-refractivity contribution in [3.8, 4) is 22.8 Å². The molecule has 178 valence electrons. The van der Waals surface area contributed by atoms with Crippen molar-refractivity contribution in [2.45, 2.75) is 18.8 Å². The van der Waals surface area contributed by atoms with E-state index in [1.807, 2.05) is 30.5 Å². The van der Waals surface area contributed by atoms with E-state index in [1.165, 1.54) is 6.08 Å². The van der Waals surface area contributed by atoms with E-state index in [0.29, 0.717) is 41.0 Å². The van der Waals surface area contributed by atoms with Gasteiger partial charge < -0.3 is 15.4 Å². The predicted molar refractivity (Wildman–Crippen MR) is 134 cm³/mol. The van der Waals surface area contributed by atoms with Crippen molar-refractivity contribution in [3.63, 3.8) is 0 Å². The number of aromatic amines is 1. The van der Waals surface area contributed by atoms with E-state index in [1.54, 1.807) is 33.7 Å². The van der Waals surface area contributed by atoms with Gasteiger partial charge in [0.2, 0.25) is 5.91 Å². The smallest absolute Gasteiger partial charge is 0.269 e. The first-order valence-electron chi connectivity index (χ1n) is 11.3. The van der Waals surface area contributed by atoms with E-state index in [9.17, 15) is 9.59 Å². The third-order valence-corrected chi connectivity index (χ3v) is 6.57. The lowest BCUT2D eigenvalue weighted by atomic mass is 9.91. The number of H-pyrrole nitrogens is 1. The summed E-state index contributed by atoms with van der Waals surface area (Å²) in [5.74, 6) is 0.895. The molecule has 2 amide bonds. The molecule has 4 aromatic rings. The van der Waals surface area contributed by atoms with Crippen LogP contribution in [0.25, 0.3) is 16.9 Å². The van der Waals surface area contributed by atoms with Gasteiger partial charge in [0.05, 0.1) is 0 Å². The molecule has 0 atom stereocenters. The van der Waals surface area contributed by atoms with Gasteiger partial charge >= 0.3 is 0 Å². The van der Waals surface area contributed by atoms with E-state index in [0.717, 1.165) is 24.0 Å². The molecule has 0 aliphatic carbocycles. The number of ether oxygens (including phenoxy) is 1. The molecular formula is C26H24ClN5O3. The van der Waals surface area contributed by atoms with E-state index in [-0.39, 0.29) is 17.5 Å². The van der Waals surface area contributed by atoms with Crippen LogP contribution in [0.5, 0.6) is 11.5 Å². The number of hydrogen-bond acceptors (Lipinski definition) is 4. The second-order valence-corrected chi connectivity index (χ2v) is 8.88. The molecule has 35 heavy (non-hydrogen) atoms. The molecule has 3 heterocycles. The number of carbonyl (C=O) groups is 2. The number of rotatable bonds is 6. The van der Waals surface area contributed by atoms with Gasteiger partial charge in [0, 0.05) is 35.4 Å². The molecule has 1 aliphatic rings. The average molecular weight is 490 g/mol. The van der Waals surface area contributed by atoms with E-state index >= 15 is 0 Å². The zero-order chi connectivity index (χ0) is 24.5. The molecule has 1 fully saturated rings. The highest BCUT2D eigenvalue weighted by atomic mass is 35.5. The summed E-state index contributed by atoms with van der Waals surface area (Å²) < 4.78 is 7.51. The lowest BCUT2D eigenvalue weighted by Gasteiger charge is -2.30. The number of nitrogens with one attached hydrogen (secondary N) is 1. The monoisotopic (exact) mass is 489 g/mol. The Balaban J connectivity index is 1.42. The Morgan fingerprint density at radius 3 is 2.31 bits per heavy atom. The van der Waals surface area contributed by atoms with Gasteiger partial charge in [-0.15, -0.1) is 0 Å². The van der Waals surface area contributed by atoms with Crippen LogP contribution in [0.1, 0.15) is 34.8 Å². The quantitative estimate of drug-likeness (QED) is 0.380. The Hall–Kier alpha value is -4.04. The summed E-state index contributed by atoms with van der Waals surface area (Å²) in [4.78, 5) is 30.9. The molecule has 0 unspecified atom stereocenters. The van der Waals surface area contributed by atoms with Crippen molar-refractivity contribution in [2.24, 2.45) is 5.73 Å². The number of nitrogens with two attached hydrogens (primary N) is 1. The molecule has 0 radical (unpaired) electrons. The zero-order valence-electron chi connectivity index (χ0n) is 18.9. The first-order valence-corrected chi connectivity index (χ1v) is 11.7. The highest BCUT2D eigenvalue weighted by Crippen LogP contribution is 2.34. The summed E-state index contributed by atoms with van der Waals surface area (Å²) >= 11 is 5.93. The Morgan fingerprint density at radius 1 is 1.09 bits per heavy atom. The number of halogens is 1. The molecule has 1 aliphatic heterocycles. The number of primary amides is 1. The molecule has 2 aromatic carbocycles. The Bertz CT molecular complexity index is 1400. The minimum Gasteiger partial charge on any atom is -0.457 e. The molecule has 9 heteroatoms. The van der Waals surface area contributed by atoms with Crippen LogP contribution in [0.15, 0.2) is 67.4 Å². The number of likely N-dealkylation sites (tertiary alicyclic amines) is 1. The number of imidazole rings is 1. The molecule has 1 saturated heterocycles. The fraction of sp³-hybridized carbons (Fsp3) is 0.192. The Morgan fingerprint density at radius 2 is 1.71 bits per heavy atom. The van der Waals surface area contributed by atoms with E-state index in [2.05, 4.69) is 11.7 Å². The van der Waals surface area contributed by atoms with Crippen LogP contribution in [-0.4, -0.2) is 44.4 Å². The fourth-order valence-corrected chi connectivity index (χ4v) is 4.65. The van der Waals surface area contributed by atoms with Crippen LogP contribution >= 0.6 is 11.6 Å². The largest absolute Gasteiger partial charge is 0.457 e. The van der Waals surface area contributed by atoms with Gasteiger partial charge in [-0.25, -0.2) is 9.50 Å². The number of nitrogens with zero attached hydrogens (tertiary/aromatic N) is 3. The maximum Gasteiger partial charge on any atom is 0.269 e. The van der Waals surface area contributed by atoms with Crippen LogP contribution in [0.3, 0.4) is 0 Å². The maximum atomic E-state index is 12.4. The van der Waals surface area contributed by atoms with Gasteiger partial charge in [0.15, 0.2) is 11.3 Å². The van der Waals surface area contributed by atoms with Gasteiger partial charge in [-0.1, -0.05) is 18.2 Å². The summed E-state index contributed by atoms with van der Waals surface area (Å²) in [6.45, 7) is 4.87. The molecule has 0 saturated carbocycles. The van der Waals surface area contributed by atoms with Gasteiger partial charge in [0.1, 0.15) is 17.2 Å². The van der Waals surface area contributed by atoms with Crippen molar-refractivity contribution in [3.05, 3.63) is 83.7 Å². The van der Waals surface area contributed by atoms with Gasteiger partial charge in [-0.05, 0) is 73.4 Å². The average Bonchev–Trinajstić information content (AvgIpc) is 3.45. The third kappa shape index (κ3) is 4.40. The number of hydrogen-bond donors (Lipinski definition) is 2. The highest BCUT2D eigenvalue weighted by Gasteiger charge is 2.28. The standard InChI is InChI=1S/C26H24ClN5O3/c1-2-22(33)31-13-11-16(12-14-31)21-15-29-32-24(25(28)34)23(30-26(21)32)17-3-7-19(8-4-17)35-20-9-5-18(27)6-10-20/h2-10,15-16,29H,1,11-14H2,(H2,28,34). The van der Waals surface area contributed by atoms with Crippen LogP contribution in [-0.2, 0) is 4.79 Å². The number of carbonyl (C=O) groups excluding carboxylic acids is 2. The number of benzene rings is 2. The minimum absolute atomic E-state index is 0.0507. The van der Waals surface area contributed by atoms with Gasteiger partial charge in [0.25, 0.3) is 5.91 Å². The van der Waals surface area contributed by atoms with Gasteiger partial charge in [-0.2, -0.15) is 0 Å². The fourth-order valence-electron chi connectivity index (χ4n) is 4.53. The summed E-state index contributed by atoms with van der Waals surface area (Å²) in [6, 6.07) is 14.4. The normalized spacial score (nSPS) is 14.3. The first kappa shape index (κ1) is 22.7. The second kappa shape index (κ2) is 9.31. The van der Waals surface area contributed by atoms with Crippen molar-refractivity contribution < 1.29 is 14.3 Å². The molecule has 8 nitrogen and oxygen atoms in total. The topological polar surface area (TPSA) is 106 Å².